The van der Waals surface area contributed by atoms with Crippen LogP contribution in [0.5, 0.6) is 5.88 Å². The van der Waals surface area contributed by atoms with Crippen LogP contribution in [0, 0.1) is 0 Å². The molecule has 0 aromatic carbocycles. The molecular formula is C13H23N3O4. The molecule has 0 unspecified atom stereocenters. The lowest BCUT2D eigenvalue weighted by molar-refractivity contribution is 0.0176. The van der Waals surface area contributed by atoms with Gasteiger partial charge in [0.15, 0.2) is 0 Å². The Morgan fingerprint density at radius 3 is 2.45 bits per heavy atom. The van der Waals surface area contributed by atoms with Gasteiger partial charge in [-0.1, -0.05) is 0 Å². The van der Waals surface area contributed by atoms with E-state index in [1.54, 1.807) is 19.4 Å². The van der Waals surface area contributed by atoms with Crippen molar-refractivity contribution in [1.82, 2.24) is 9.97 Å². The van der Waals surface area contributed by atoms with Crippen molar-refractivity contribution >= 4 is 5.95 Å². The standard InChI is InChI=1S/C13H23N3O4/c1-3-14-13-15-5-4-12(16-13)20-11-10-19-9-8-18-7-6-17-2/h4-5H,3,6-11H2,1-2H3,(H,14,15,16). The van der Waals surface area contributed by atoms with E-state index >= 15 is 0 Å². The molecule has 0 bridgehead atoms. The highest BCUT2D eigenvalue weighted by atomic mass is 16.6. The van der Waals surface area contributed by atoms with Gasteiger partial charge in [-0.05, 0) is 6.92 Å². The third kappa shape index (κ3) is 7.88. The molecule has 1 N–H and O–H groups in total. The van der Waals surface area contributed by atoms with E-state index < -0.39 is 0 Å². The van der Waals surface area contributed by atoms with Gasteiger partial charge in [0.2, 0.25) is 11.8 Å². The smallest absolute Gasteiger partial charge is 0.225 e. The second kappa shape index (κ2) is 11.4. The molecular weight excluding hydrogens is 262 g/mol. The molecule has 0 aliphatic carbocycles. The normalized spacial score (nSPS) is 10.5. The van der Waals surface area contributed by atoms with E-state index in [9.17, 15) is 0 Å². The van der Waals surface area contributed by atoms with Gasteiger partial charge in [-0.15, -0.1) is 0 Å². The van der Waals surface area contributed by atoms with Gasteiger partial charge >= 0.3 is 0 Å². The second-order valence-corrected chi connectivity index (χ2v) is 3.81. The van der Waals surface area contributed by atoms with Crippen molar-refractivity contribution in [3.63, 3.8) is 0 Å². The molecule has 1 aromatic heterocycles. The topological polar surface area (TPSA) is 74.7 Å². The summed E-state index contributed by atoms with van der Waals surface area (Å²) in [5.41, 5.74) is 0. The minimum Gasteiger partial charge on any atom is -0.475 e. The number of anilines is 1. The molecule has 0 radical (unpaired) electrons. The summed E-state index contributed by atoms with van der Waals surface area (Å²) in [5.74, 6) is 1.10. The number of rotatable bonds is 12. The number of methoxy groups -OCH3 is 1. The van der Waals surface area contributed by atoms with E-state index in [0.29, 0.717) is 51.5 Å². The Balaban J connectivity index is 2.02. The highest BCUT2D eigenvalue weighted by Crippen LogP contribution is 2.07. The van der Waals surface area contributed by atoms with Crippen LogP contribution in [0.4, 0.5) is 5.95 Å². The lowest BCUT2D eigenvalue weighted by atomic mass is 10.6. The Labute approximate surface area is 119 Å². The van der Waals surface area contributed by atoms with Gasteiger partial charge in [0.25, 0.3) is 0 Å². The van der Waals surface area contributed by atoms with Gasteiger partial charge in [-0.2, -0.15) is 4.98 Å². The van der Waals surface area contributed by atoms with E-state index in [-0.39, 0.29) is 0 Å². The van der Waals surface area contributed by atoms with Gasteiger partial charge in [0, 0.05) is 25.9 Å². The zero-order valence-electron chi connectivity index (χ0n) is 12.1. The lowest BCUT2D eigenvalue weighted by Gasteiger charge is -2.08. The molecule has 7 nitrogen and oxygen atoms in total. The van der Waals surface area contributed by atoms with E-state index in [1.807, 2.05) is 6.92 Å². The molecule has 0 aliphatic rings. The predicted octanol–water partition coefficient (Wildman–Crippen LogP) is 0.967. The summed E-state index contributed by atoms with van der Waals surface area (Å²) >= 11 is 0. The summed E-state index contributed by atoms with van der Waals surface area (Å²) in [7, 11) is 1.64. The van der Waals surface area contributed by atoms with Crippen LogP contribution in [0.1, 0.15) is 6.92 Å². The Hall–Kier alpha value is -1.44. The molecule has 1 heterocycles. The van der Waals surface area contributed by atoms with Gasteiger partial charge in [0.05, 0.1) is 33.0 Å². The van der Waals surface area contributed by atoms with Crippen molar-refractivity contribution in [3.05, 3.63) is 12.3 Å². The number of nitrogens with one attached hydrogen (secondary N) is 1. The van der Waals surface area contributed by atoms with Crippen LogP contribution < -0.4 is 10.1 Å². The van der Waals surface area contributed by atoms with E-state index in [0.717, 1.165) is 6.54 Å². The van der Waals surface area contributed by atoms with Crippen LogP contribution in [-0.4, -0.2) is 63.3 Å². The molecule has 0 fully saturated rings. The lowest BCUT2D eigenvalue weighted by Crippen LogP contribution is -2.13. The maximum absolute atomic E-state index is 5.46. The van der Waals surface area contributed by atoms with Crippen molar-refractivity contribution in [1.29, 1.82) is 0 Å². The predicted molar refractivity (Wildman–Crippen MR) is 75.2 cm³/mol. The SMILES string of the molecule is CCNc1nccc(OCCOCCOCCOC)n1. The maximum Gasteiger partial charge on any atom is 0.225 e. The first kappa shape index (κ1) is 16.6. The Morgan fingerprint density at radius 1 is 1.05 bits per heavy atom. The minimum atomic E-state index is 0.445. The zero-order valence-corrected chi connectivity index (χ0v) is 12.1. The van der Waals surface area contributed by atoms with Crippen LogP contribution in [0.3, 0.4) is 0 Å². The summed E-state index contributed by atoms with van der Waals surface area (Å²) in [6, 6.07) is 1.72. The van der Waals surface area contributed by atoms with E-state index in [2.05, 4.69) is 15.3 Å². The molecule has 7 heteroatoms. The summed E-state index contributed by atoms with van der Waals surface area (Å²) in [6.07, 6.45) is 1.66. The number of nitrogens with zero attached hydrogens (tertiary/aromatic N) is 2. The largest absolute Gasteiger partial charge is 0.475 e. The molecule has 0 spiro atoms. The third-order valence-corrected chi connectivity index (χ3v) is 2.25. The maximum atomic E-state index is 5.46. The van der Waals surface area contributed by atoms with Gasteiger partial charge in [-0.25, -0.2) is 4.98 Å². The van der Waals surface area contributed by atoms with Gasteiger partial charge in [0.1, 0.15) is 6.61 Å². The van der Waals surface area contributed by atoms with Crippen molar-refractivity contribution in [2.45, 2.75) is 6.92 Å². The van der Waals surface area contributed by atoms with Crippen LogP contribution in [0.2, 0.25) is 0 Å². The first-order valence-corrected chi connectivity index (χ1v) is 6.71. The van der Waals surface area contributed by atoms with Crippen molar-refractivity contribution < 1.29 is 18.9 Å². The van der Waals surface area contributed by atoms with Crippen molar-refractivity contribution in [2.24, 2.45) is 0 Å². The molecule has 0 atom stereocenters. The molecule has 0 saturated carbocycles. The first-order chi connectivity index (χ1) is 9.86. The van der Waals surface area contributed by atoms with Crippen LogP contribution in [-0.2, 0) is 14.2 Å². The van der Waals surface area contributed by atoms with Gasteiger partial charge in [-0.3, -0.25) is 0 Å². The zero-order chi connectivity index (χ0) is 14.5. The second-order valence-electron chi connectivity index (χ2n) is 3.81. The number of aromatic nitrogens is 2. The molecule has 1 aromatic rings. The Bertz CT molecular complexity index is 352. The molecule has 0 amide bonds. The number of hydrogen-bond acceptors (Lipinski definition) is 7. The van der Waals surface area contributed by atoms with E-state index in [4.69, 9.17) is 18.9 Å². The van der Waals surface area contributed by atoms with Crippen LogP contribution >= 0.6 is 0 Å². The fourth-order valence-corrected chi connectivity index (χ4v) is 1.34. The van der Waals surface area contributed by atoms with Crippen LogP contribution in [0.25, 0.3) is 0 Å². The van der Waals surface area contributed by atoms with E-state index in [1.165, 1.54) is 0 Å². The van der Waals surface area contributed by atoms with Crippen LogP contribution in [0.15, 0.2) is 12.3 Å². The van der Waals surface area contributed by atoms with Gasteiger partial charge < -0.3 is 24.3 Å². The first-order valence-electron chi connectivity index (χ1n) is 6.71. The molecule has 0 aliphatic heterocycles. The minimum absolute atomic E-state index is 0.445. The molecule has 1 rings (SSSR count). The Kier molecular flexibility index (Phi) is 9.46. The average molecular weight is 285 g/mol. The average Bonchev–Trinajstić information content (AvgIpc) is 2.46. The summed E-state index contributed by atoms with van der Waals surface area (Å²) in [5, 5.41) is 3.02. The molecule has 0 saturated heterocycles. The monoisotopic (exact) mass is 285 g/mol. The molecule has 114 valence electrons. The fourth-order valence-electron chi connectivity index (χ4n) is 1.34. The summed E-state index contributed by atoms with van der Waals surface area (Å²) in [4.78, 5) is 8.25. The number of hydrogen-bond donors (Lipinski definition) is 1. The highest BCUT2D eigenvalue weighted by Gasteiger charge is 1.99. The Morgan fingerprint density at radius 2 is 1.75 bits per heavy atom. The summed E-state index contributed by atoms with van der Waals surface area (Å²) < 4.78 is 20.9. The van der Waals surface area contributed by atoms with Crippen molar-refractivity contribution in [2.75, 3.05) is 58.6 Å². The summed E-state index contributed by atoms with van der Waals surface area (Å²) in [6.45, 7) is 5.99. The highest BCUT2D eigenvalue weighted by molar-refractivity contribution is 5.26. The van der Waals surface area contributed by atoms with Crippen molar-refractivity contribution in [3.8, 4) is 5.88 Å². The quantitative estimate of drug-likeness (QED) is 0.573. The molecule has 20 heavy (non-hydrogen) atoms. The fraction of sp³-hybridized carbons (Fsp3) is 0.692. The number of ether oxygens (including phenoxy) is 4. The third-order valence-electron chi connectivity index (χ3n) is 2.25.